The van der Waals surface area contributed by atoms with Gasteiger partial charge in [0.1, 0.15) is 11.5 Å². The molecule has 1 saturated heterocycles. The summed E-state index contributed by atoms with van der Waals surface area (Å²) in [5.41, 5.74) is 0.684. The summed E-state index contributed by atoms with van der Waals surface area (Å²) in [7, 11) is 1.35. The number of nitro groups is 1. The van der Waals surface area contributed by atoms with E-state index in [2.05, 4.69) is 0 Å². The van der Waals surface area contributed by atoms with Crippen LogP contribution in [0.5, 0.6) is 11.5 Å². The Balaban J connectivity index is 1.73. The number of hydrogen-bond donors (Lipinski definition) is 0. The molecule has 0 bridgehead atoms. The lowest BCUT2D eigenvalue weighted by Crippen LogP contribution is -2.27. The fourth-order valence-electron chi connectivity index (χ4n) is 3.06. The van der Waals surface area contributed by atoms with Crippen LogP contribution in [0.25, 0.3) is 0 Å². The van der Waals surface area contributed by atoms with Gasteiger partial charge in [-0.15, -0.1) is 0 Å². The molecule has 29 heavy (non-hydrogen) atoms. The number of hydrogen-bond acceptors (Lipinski definition) is 7. The fourth-order valence-corrected chi connectivity index (χ4v) is 3.06. The Morgan fingerprint density at radius 1 is 1.17 bits per heavy atom. The molecular weight excluding hydrogens is 380 g/mol. The average Bonchev–Trinajstić information content (AvgIpc) is 3.09. The first kappa shape index (κ1) is 20.0. The first-order valence-electron chi connectivity index (χ1n) is 8.75. The number of ether oxygens (including phenoxy) is 2. The largest absolute Gasteiger partial charge is 0.494 e. The summed E-state index contributed by atoms with van der Waals surface area (Å²) < 4.78 is 10.5. The number of ketones is 1. The van der Waals surface area contributed by atoms with Gasteiger partial charge >= 0.3 is 5.97 Å². The van der Waals surface area contributed by atoms with Crippen LogP contribution in [0.2, 0.25) is 0 Å². The van der Waals surface area contributed by atoms with E-state index >= 15 is 0 Å². The summed E-state index contributed by atoms with van der Waals surface area (Å²) in [5.74, 6) is -1.24. The first-order valence-corrected chi connectivity index (χ1v) is 8.75. The summed E-state index contributed by atoms with van der Waals surface area (Å²) in [6.45, 7) is 1.50. The van der Waals surface area contributed by atoms with E-state index in [4.69, 9.17) is 9.47 Å². The van der Waals surface area contributed by atoms with Crippen molar-refractivity contribution in [1.29, 1.82) is 0 Å². The first-order chi connectivity index (χ1) is 13.8. The van der Waals surface area contributed by atoms with Crippen molar-refractivity contribution in [3.63, 3.8) is 0 Å². The van der Waals surface area contributed by atoms with Crippen LogP contribution >= 0.6 is 0 Å². The van der Waals surface area contributed by atoms with E-state index in [0.717, 1.165) is 0 Å². The van der Waals surface area contributed by atoms with Gasteiger partial charge in [0, 0.05) is 24.6 Å². The van der Waals surface area contributed by atoms with Crippen LogP contribution in [0.1, 0.15) is 23.7 Å². The van der Waals surface area contributed by atoms with E-state index in [0.29, 0.717) is 11.3 Å². The molecular formula is C20H18N2O7. The van der Waals surface area contributed by atoms with Gasteiger partial charge in [0.15, 0.2) is 5.78 Å². The van der Waals surface area contributed by atoms with Crippen molar-refractivity contribution < 1.29 is 28.8 Å². The number of methoxy groups -OCH3 is 1. The average molecular weight is 398 g/mol. The highest BCUT2D eigenvalue weighted by Gasteiger charge is 2.37. The van der Waals surface area contributed by atoms with Crippen LogP contribution in [0.3, 0.4) is 0 Å². The summed E-state index contributed by atoms with van der Waals surface area (Å²) in [5, 5.41) is 10.9. The van der Waals surface area contributed by atoms with Gasteiger partial charge in [0.2, 0.25) is 5.91 Å². The van der Waals surface area contributed by atoms with Gasteiger partial charge in [-0.2, -0.15) is 0 Å². The molecule has 9 heteroatoms. The minimum absolute atomic E-state index is 0.0511. The number of rotatable bonds is 6. The Hall–Kier alpha value is -3.75. The molecule has 2 aromatic rings. The topological polar surface area (TPSA) is 116 Å². The lowest BCUT2D eigenvalue weighted by atomic mass is 10.1. The van der Waals surface area contributed by atoms with Gasteiger partial charge in [0.05, 0.1) is 29.7 Å². The molecule has 3 rings (SSSR count). The van der Waals surface area contributed by atoms with Gasteiger partial charge in [-0.25, -0.2) is 0 Å². The molecule has 1 fully saturated rings. The third kappa shape index (κ3) is 4.23. The number of esters is 1. The fraction of sp³-hybridized carbons (Fsp3) is 0.250. The van der Waals surface area contributed by atoms with Crippen LogP contribution in [0.4, 0.5) is 11.4 Å². The van der Waals surface area contributed by atoms with Crippen LogP contribution in [-0.2, 0) is 9.59 Å². The molecule has 1 aliphatic rings. The second-order valence-electron chi connectivity index (χ2n) is 6.52. The standard InChI is InChI=1S/C20H18N2O7/c1-12(23)13-3-6-16(7-4-13)29-20(25)14-9-19(24)21(11-14)17-8-5-15(22(26)27)10-18(17)28-2/h3-8,10,14H,9,11H2,1-2H3/t14-/m0/s1. The lowest BCUT2D eigenvalue weighted by Gasteiger charge is -2.19. The number of carbonyl (C=O) groups excluding carboxylic acids is 3. The second-order valence-corrected chi connectivity index (χ2v) is 6.52. The lowest BCUT2D eigenvalue weighted by molar-refractivity contribution is -0.384. The normalized spacial score (nSPS) is 15.9. The number of Topliss-reactive ketones (excluding diaryl/α,β-unsaturated/α-hetero) is 1. The monoisotopic (exact) mass is 398 g/mol. The SMILES string of the molecule is COc1cc([N+](=O)[O-])ccc1N1C[C@@H](C(=O)Oc2ccc(C(C)=O)cc2)CC1=O. The minimum Gasteiger partial charge on any atom is -0.494 e. The van der Waals surface area contributed by atoms with Crippen LogP contribution in [0.15, 0.2) is 42.5 Å². The molecule has 0 N–H and O–H groups in total. The number of non-ortho nitro benzene ring substituents is 1. The molecule has 0 saturated carbocycles. The predicted octanol–water partition coefficient (Wildman–Crippen LogP) is 2.76. The molecule has 9 nitrogen and oxygen atoms in total. The van der Waals surface area contributed by atoms with E-state index in [1.54, 1.807) is 12.1 Å². The van der Waals surface area contributed by atoms with E-state index in [9.17, 15) is 24.5 Å². The van der Waals surface area contributed by atoms with E-state index in [1.165, 1.54) is 49.3 Å². The molecule has 1 aliphatic heterocycles. The van der Waals surface area contributed by atoms with Crippen molar-refractivity contribution in [1.82, 2.24) is 0 Å². The van der Waals surface area contributed by atoms with Crippen molar-refractivity contribution in [2.45, 2.75) is 13.3 Å². The Kier molecular flexibility index (Phi) is 5.58. The maximum absolute atomic E-state index is 12.5. The number of nitro benzene ring substituents is 1. The minimum atomic E-state index is -0.699. The van der Waals surface area contributed by atoms with Crippen molar-refractivity contribution in [2.75, 3.05) is 18.6 Å². The molecule has 0 radical (unpaired) electrons. The van der Waals surface area contributed by atoms with Crippen molar-refractivity contribution in [2.24, 2.45) is 5.92 Å². The van der Waals surface area contributed by atoms with E-state index in [1.807, 2.05) is 0 Å². The summed E-state index contributed by atoms with van der Waals surface area (Å²) in [6, 6.07) is 10.1. The predicted molar refractivity (Wildman–Crippen MR) is 102 cm³/mol. The van der Waals surface area contributed by atoms with Gasteiger partial charge < -0.3 is 14.4 Å². The Morgan fingerprint density at radius 3 is 2.45 bits per heavy atom. The Morgan fingerprint density at radius 2 is 1.86 bits per heavy atom. The quantitative estimate of drug-likeness (QED) is 0.241. The van der Waals surface area contributed by atoms with Crippen molar-refractivity contribution >= 4 is 29.0 Å². The van der Waals surface area contributed by atoms with Gasteiger partial charge in [-0.3, -0.25) is 24.5 Å². The summed E-state index contributed by atoms with van der Waals surface area (Å²) >= 11 is 0. The molecule has 1 amide bonds. The maximum atomic E-state index is 12.5. The van der Waals surface area contributed by atoms with Crippen LogP contribution in [0, 0.1) is 16.0 Å². The molecule has 0 aliphatic carbocycles. The zero-order valence-electron chi connectivity index (χ0n) is 15.8. The third-order valence-corrected chi connectivity index (χ3v) is 4.60. The second kappa shape index (κ2) is 8.09. The Labute approximate surface area is 166 Å². The smallest absolute Gasteiger partial charge is 0.316 e. The zero-order valence-corrected chi connectivity index (χ0v) is 15.8. The maximum Gasteiger partial charge on any atom is 0.316 e. The molecule has 0 unspecified atom stereocenters. The highest BCUT2D eigenvalue weighted by Crippen LogP contribution is 2.36. The van der Waals surface area contributed by atoms with Gasteiger partial charge in [0.25, 0.3) is 5.69 Å². The van der Waals surface area contributed by atoms with E-state index in [-0.39, 0.29) is 41.8 Å². The van der Waals surface area contributed by atoms with Crippen LogP contribution in [-0.4, -0.2) is 36.2 Å². The zero-order chi connectivity index (χ0) is 21.1. The third-order valence-electron chi connectivity index (χ3n) is 4.60. The van der Waals surface area contributed by atoms with Gasteiger partial charge in [-0.05, 0) is 37.3 Å². The van der Waals surface area contributed by atoms with Crippen LogP contribution < -0.4 is 14.4 Å². The van der Waals surface area contributed by atoms with Gasteiger partial charge in [-0.1, -0.05) is 0 Å². The molecule has 2 aromatic carbocycles. The van der Waals surface area contributed by atoms with E-state index < -0.39 is 16.8 Å². The summed E-state index contributed by atoms with van der Waals surface area (Å²) in [4.78, 5) is 47.9. The molecule has 1 atom stereocenters. The molecule has 150 valence electrons. The number of amides is 1. The number of anilines is 1. The molecule has 0 aromatic heterocycles. The molecule has 1 heterocycles. The number of nitrogens with zero attached hydrogens (tertiary/aromatic N) is 2. The highest BCUT2D eigenvalue weighted by atomic mass is 16.6. The summed E-state index contributed by atoms with van der Waals surface area (Å²) in [6.07, 6.45) is -0.0511. The molecule has 0 spiro atoms. The van der Waals surface area contributed by atoms with Crippen molar-refractivity contribution in [3.8, 4) is 11.5 Å². The van der Waals surface area contributed by atoms with Crippen molar-refractivity contribution in [3.05, 3.63) is 58.1 Å². The number of carbonyl (C=O) groups is 3. The number of benzene rings is 2. The Bertz CT molecular complexity index is 985. The highest BCUT2D eigenvalue weighted by molar-refractivity contribution is 6.01.